The fourth-order valence-corrected chi connectivity index (χ4v) is 1.30. The molecule has 0 heterocycles. The summed E-state index contributed by atoms with van der Waals surface area (Å²) in [7, 11) is 0. The largest absolute Gasteiger partial charge is 0.393 e. The van der Waals surface area contributed by atoms with Crippen LogP contribution >= 0.6 is 11.8 Å². The molecular formula is C9H19NO2S. The first-order valence-electron chi connectivity index (χ1n) is 4.60. The highest BCUT2D eigenvalue weighted by molar-refractivity contribution is 7.98. The predicted octanol–water partition coefficient (Wildman–Crippen LogP) is 1.02. The molecule has 0 spiro atoms. The van der Waals surface area contributed by atoms with Gasteiger partial charge in [0.15, 0.2) is 0 Å². The summed E-state index contributed by atoms with van der Waals surface area (Å²) in [5.74, 6) is 0.988. The zero-order valence-electron chi connectivity index (χ0n) is 8.38. The molecule has 0 aromatic heterocycles. The number of nitrogens with one attached hydrogen (secondary N) is 1. The van der Waals surface area contributed by atoms with Crippen LogP contribution in [0.5, 0.6) is 0 Å². The lowest BCUT2D eigenvalue weighted by molar-refractivity contribution is -0.120. The van der Waals surface area contributed by atoms with E-state index in [0.29, 0.717) is 13.0 Å². The Morgan fingerprint density at radius 2 is 2.31 bits per heavy atom. The summed E-state index contributed by atoms with van der Waals surface area (Å²) >= 11 is 1.67. The highest BCUT2D eigenvalue weighted by Crippen LogP contribution is 1.96. The second-order valence-electron chi connectivity index (χ2n) is 3.08. The van der Waals surface area contributed by atoms with E-state index in [1.807, 2.05) is 6.26 Å². The van der Waals surface area contributed by atoms with E-state index >= 15 is 0 Å². The molecular weight excluding hydrogens is 186 g/mol. The first-order valence-corrected chi connectivity index (χ1v) is 6.00. The van der Waals surface area contributed by atoms with Crippen molar-refractivity contribution in [1.82, 2.24) is 5.32 Å². The molecule has 1 atom stereocenters. The first-order chi connectivity index (χ1) is 6.16. The van der Waals surface area contributed by atoms with Gasteiger partial charge in [0.25, 0.3) is 0 Å². The molecule has 0 saturated carbocycles. The molecule has 2 N–H and O–H groups in total. The maximum atomic E-state index is 11.1. The SMILES string of the molecule is CSCCC(=O)NCCCC(C)O. The lowest BCUT2D eigenvalue weighted by Crippen LogP contribution is -2.25. The first kappa shape index (κ1) is 12.8. The van der Waals surface area contributed by atoms with Crippen LogP contribution in [-0.4, -0.2) is 35.7 Å². The third kappa shape index (κ3) is 9.70. The van der Waals surface area contributed by atoms with E-state index in [9.17, 15) is 4.79 Å². The number of aliphatic hydroxyl groups excluding tert-OH is 1. The number of aliphatic hydroxyl groups is 1. The molecule has 0 fully saturated rings. The molecule has 0 saturated heterocycles. The van der Waals surface area contributed by atoms with Crippen molar-refractivity contribution in [1.29, 1.82) is 0 Å². The van der Waals surface area contributed by atoms with Gasteiger partial charge in [0.2, 0.25) is 5.91 Å². The molecule has 13 heavy (non-hydrogen) atoms. The number of carbonyl (C=O) groups excluding carboxylic acids is 1. The molecule has 0 aliphatic rings. The van der Waals surface area contributed by atoms with Gasteiger partial charge < -0.3 is 10.4 Å². The number of hydrogen-bond donors (Lipinski definition) is 2. The summed E-state index contributed by atoms with van der Waals surface area (Å²) in [5, 5.41) is 11.8. The molecule has 4 heteroatoms. The minimum atomic E-state index is -0.261. The number of amides is 1. The van der Waals surface area contributed by atoms with Crippen molar-refractivity contribution in [2.24, 2.45) is 0 Å². The van der Waals surface area contributed by atoms with Gasteiger partial charge in [-0.15, -0.1) is 0 Å². The number of rotatable bonds is 7. The van der Waals surface area contributed by atoms with Gasteiger partial charge in [0, 0.05) is 18.7 Å². The summed E-state index contributed by atoms with van der Waals surface area (Å²) < 4.78 is 0. The van der Waals surface area contributed by atoms with Crippen LogP contribution < -0.4 is 5.32 Å². The van der Waals surface area contributed by atoms with Crippen molar-refractivity contribution in [3.05, 3.63) is 0 Å². The van der Waals surface area contributed by atoms with Crippen LogP contribution in [0.25, 0.3) is 0 Å². The molecule has 0 aliphatic carbocycles. The minimum Gasteiger partial charge on any atom is -0.393 e. The van der Waals surface area contributed by atoms with Crippen LogP contribution in [0, 0.1) is 0 Å². The molecule has 0 aromatic rings. The Hall–Kier alpha value is -0.220. The normalized spacial score (nSPS) is 12.5. The van der Waals surface area contributed by atoms with Crippen LogP contribution in [0.1, 0.15) is 26.2 Å². The van der Waals surface area contributed by atoms with Gasteiger partial charge >= 0.3 is 0 Å². The molecule has 0 aliphatic heterocycles. The smallest absolute Gasteiger partial charge is 0.220 e. The maximum absolute atomic E-state index is 11.1. The molecule has 0 bridgehead atoms. The van der Waals surface area contributed by atoms with Crippen molar-refractivity contribution in [3.63, 3.8) is 0 Å². The van der Waals surface area contributed by atoms with E-state index in [4.69, 9.17) is 5.11 Å². The molecule has 3 nitrogen and oxygen atoms in total. The standard InChI is InChI=1S/C9H19NO2S/c1-8(11)4-3-6-10-9(12)5-7-13-2/h8,11H,3-7H2,1-2H3,(H,10,12). The van der Waals surface area contributed by atoms with E-state index in [2.05, 4.69) is 5.32 Å². The highest BCUT2D eigenvalue weighted by Gasteiger charge is 2.00. The van der Waals surface area contributed by atoms with E-state index in [1.165, 1.54) is 0 Å². The lowest BCUT2D eigenvalue weighted by atomic mass is 10.2. The summed E-state index contributed by atoms with van der Waals surface area (Å²) in [6.45, 7) is 2.44. The Bertz CT molecular complexity index is 140. The van der Waals surface area contributed by atoms with Gasteiger partial charge in [-0.1, -0.05) is 0 Å². The molecule has 0 rings (SSSR count). The highest BCUT2D eigenvalue weighted by atomic mass is 32.2. The fourth-order valence-electron chi connectivity index (χ4n) is 0.908. The Labute approximate surface area is 84.3 Å². The van der Waals surface area contributed by atoms with Gasteiger partial charge in [-0.2, -0.15) is 11.8 Å². The van der Waals surface area contributed by atoms with E-state index < -0.39 is 0 Å². The van der Waals surface area contributed by atoms with E-state index in [0.717, 1.165) is 18.6 Å². The minimum absolute atomic E-state index is 0.111. The molecule has 1 unspecified atom stereocenters. The zero-order valence-corrected chi connectivity index (χ0v) is 9.19. The Kier molecular flexibility index (Phi) is 8.24. The van der Waals surface area contributed by atoms with Crippen LogP contribution in [-0.2, 0) is 4.79 Å². The molecule has 0 aromatic carbocycles. The second-order valence-corrected chi connectivity index (χ2v) is 4.07. The van der Waals surface area contributed by atoms with Gasteiger partial charge in [-0.25, -0.2) is 0 Å². The van der Waals surface area contributed by atoms with Crippen LogP contribution in [0.2, 0.25) is 0 Å². The fraction of sp³-hybridized carbons (Fsp3) is 0.889. The van der Waals surface area contributed by atoms with Crippen molar-refractivity contribution < 1.29 is 9.90 Å². The quantitative estimate of drug-likeness (QED) is 0.610. The van der Waals surface area contributed by atoms with Crippen molar-refractivity contribution in [2.75, 3.05) is 18.6 Å². The second kappa shape index (κ2) is 8.38. The topological polar surface area (TPSA) is 49.3 Å². The summed E-state index contributed by atoms with van der Waals surface area (Å²) in [4.78, 5) is 11.1. The third-order valence-corrected chi connectivity index (χ3v) is 2.27. The van der Waals surface area contributed by atoms with Gasteiger partial charge in [0.05, 0.1) is 6.10 Å². The van der Waals surface area contributed by atoms with Gasteiger partial charge in [-0.3, -0.25) is 4.79 Å². The Balaban J connectivity index is 3.17. The Morgan fingerprint density at radius 1 is 1.62 bits per heavy atom. The van der Waals surface area contributed by atoms with Gasteiger partial charge in [-0.05, 0) is 26.0 Å². The van der Waals surface area contributed by atoms with Gasteiger partial charge in [0.1, 0.15) is 0 Å². The summed E-state index contributed by atoms with van der Waals surface area (Å²) in [6, 6.07) is 0. The maximum Gasteiger partial charge on any atom is 0.220 e. The molecule has 78 valence electrons. The number of hydrogen-bond acceptors (Lipinski definition) is 3. The zero-order chi connectivity index (χ0) is 10.1. The third-order valence-electron chi connectivity index (χ3n) is 1.65. The summed E-state index contributed by atoms with van der Waals surface area (Å²) in [6.07, 6.45) is 3.92. The Morgan fingerprint density at radius 3 is 2.85 bits per heavy atom. The van der Waals surface area contributed by atoms with Crippen molar-refractivity contribution in [3.8, 4) is 0 Å². The van der Waals surface area contributed by atoms with E-state index in [1.54, 1.807) is 18.7 Å². The summed E-state index contributed by atoms with van der Waals surface area (Å²) in [5.41, 5.74) is 0. The van der Waals surface area contributed by atoms with Crippen LogP contribution in [0.15, 0.2) is 0 Å². The molecule has 1 amide bonds. The number of carbonyl (C=O) groups is 1. The van der Waals surface area contributed by atoms with Crippen LogP contribution in [0.4, 0.5) is 0 Å². The average Bonchev–Trinajstić information content (AvgIpc) is 2.08. The monoisotopic (exact) mass is 205 g/mol. The van der Waals surface area contributed by atoms with E-state index in [-0.39, 0.29) is 12.0 Å². The average molecular weight is 205 g/mol. The number of thioether (sulfide) groups is 1. The van der Waals surface area contributed by atoms with Crippen LogP contribution in [0.3, 0.4) is 0 Å². The predicted molar refractivity (Wildman–Crippen MR) is 56.9 cm³/mol. The van der Waals surface area contributed by atoms with Crippen molar-refractivity contribution in [2.45, 2.75) is 32.3 Å². The molecule has 0 radical (unpaired) electrons. The van der Waals surface area contributed by atoms with Crippen molar-refractivity contribution >= 4 is 17.7 Å². The lowest BCUT2D eigenvalue weighted by Gasteiger charge is -2.05.